The predicted octanol–water partition coefficient (Wildman–Crippen LogP) is 1.29. The number of unbranched alkanes of at least 4 members (excludes halogenated alkanes) is 1. The molecule has 0 aromatic rings. The number of carboxylic acids is 1. The number of hydrogen-bond donors (Lipinski definition) is 2. The number of quaternary nitrogens is 2. The molecule has 6 N–H and O–H groups in total. The van der Waals surface area contributed by atoms with E-state index < -0.39 is 16.1 Å². The largest absolute Gasteiger partial charge is 0.748 e. The van der Waals surface area contributed by atoms with Crippen LogP contribution in [0, 0.1) is 0 Å². The van der Waals surface area contributed by atoms with E-state index >= 15 is 0 Å². The molecule has 0 rings (SSSR count). The third kappa shape index (κ3) is 58.4. The highest BCUT2D eigenvalue weighted by Gasteiger charge is 1.84. The van der Waals surface area contributed by atoms with Crippen molar-refractivity contribution in [2.75, 3.05) is 19.3 Å². The fraction of sp³-hybridized carbons (Fsp3) is 0.522. The molecule has 0 radical (unpaired) electrons. The van der Waals surface area contributed by atoms with Gasteiger partial charge in [0, 0.05) is 12.2 Å². The molecule has 7 nitrogen and oxygen atoms in total. The fourth-order valence-corrected chi connectivity index (χ4v) is 1.73. The lowest BCUT2D eigenvalue weighted by Gasteiger charge is -1.97. The van der Waals surface area contributed by atoms with E-state index in [-0.39, 0.29) is 6.42 Å². The maximum absolute atomic E-state index is 10.2. The van der Waals surface area contributed by atoms with E-state index in [0.717, 1.165) is 51.6 Å². The Morgan fingerprint density at radius 1 is 0.774 bits per heavy atom. The quantitative estimate of drug-likeness (QED) is 0.228. The van der Waals surface area contributed by atoms with Gasteiger partial charge in [0.2, 0.25) is 0 Å². The van der Waals surface area contributed by atoms with E-state index in [1.165, 1.54) is 0 Å². The summed E-state index contributed by atoms with van der Waals surface area (Å²) in [6, 6.07) is 0. The molecule has 0 atom stereocenters. The van der Waals surface area contributed by atoms with Crippen LogP contribution in [0.15, 0.2) is 60.8 Å². The average molecular weight is 459 g/mol. The number of hydrogen-bond acceptors (Lipinski definition) is 5. The van der Waals surface area contributed by atoms with Crippen LogP contribution >= 0.6 is 0 Å². The zero-order valence-electron chi connectivity index (χ0n) is 19.2. The van der Waals surface area contributed by atoms with E-state index in [2.05, 4.69) is 73.1 Å². The van der Waals surface area contributed by atoms with Gasteiger partial charge in [0.1, 0.15) is 13.1 Å². The molecule has 0 fully saturated rings. The minimum atomic E-state index is -3.92. The topological polar surface area (TPSA) is 153 Å². The summed E-state index contributed by atoms with van der Waals surface area (Å²) >= 11 is 0. The van der Waals surface area contributed by atoms with Crippen molar-refractivity contribution in [3.05, 3.63) is 60.8 Å². The average Bonchev–Trinajstić information content (AvgIpc) is 2.69. The summed E-state index contributed by atoms with van der Waals surface area (Å²) in [5.41, 5.74) is 7.08. The molecule has 0 heterocycles. The van der Waals surface area contributed by atoms with Crippen LogP contribution in [-0.2, 0) is 14.9 Å². The molecule has 0 aromatic carbocycles. The number of allylic oxidation sites excluding steroid dienone is 10. The molecule has 8 heteroatoms. The van der Waals surface area contributed by atoms with Gasteiger partial charge in [-0.15, -0.1) is 0 Å². The maximum atomic E-state index is 10.2. The Balaban J connectivity index is -0.000000728. The first kappa shape index (κ1) is 33.6. The third-order valence-electron chi connectivity index (χ3n) is 3.16. The molecule has 0 aliphatic carbocycles. The highest BCUT2D eigenvalue weighted by atomic mass is 32.2. The van der Waals surface area contributed by atoms with Crippen molar-refractivity contribution >= 4 is 16.1 Å². The number of carboxylic acid groups (broad SMARTS) is 1. The monoisotopic (exact) mass is 458 g/mol. The van der Waals surface area contributed by atoms with Crippen molar-refractivity contribution in [2.24, 2.45) is 0 Å². The molecule has 0 saturated heterocycles. The number of carbonyl (C=O) groups excluding carboxylic acids is 1. The van der Waals surface area contributed by atoms with Gasteiger partial charge in [-0.3, -0.25) is 0 Å². The SMILES string of the molecule is CC/C=C\C/C=C\C/C=C\C/C=C\C/C=C\CCCC(=O)[O-].CS(=O)(=O)[O-].[NH3+]CC[NH3+]. The van der Waals surface area contributed by atoms with Crippen LogP contribution < -0.4 is 16.6 Å². The molecule has 0 spiro atoms. The molecular weight excluding hydrogens is 416 g/mol. The van der Waals surface area contributed by atoms with Crippen LogP contribution in [0.2, 0.25) is 0 Å². The molecule has 180 valence electrons. The lowest BCUT2D eigenvalue weighted by Crippen LogP contribution is -2.64. The molecule has 0 saturated carbocycles. The first-order chi connectivity index (χ1) is 14.7. The van der Waals surface area contributed by atoms with Gasteiger partial charge in [-0.1, -0.05) is 67.7 Å². The van der Waals surface area contributed by atoms with Gasteiger partial charge in [-0.05, 0) is 51.4 Å². The van der Waals surface area contributed by atoms with Crippen molar-refractivity contribution in [1.29, 1.82) is 0 Å². The molecule has 31 heavy (non-hydrogen) atoms. The Hall–Kier alpha value is -2.00. The van der Waals surface area contributed by atoms with Crippen LogP contribution in [0.3, 0.4) is 0 Å². The lowest BCUT2D eigenvalue weighted by molar-refractivity contribution is -0.453. The third-order valence-corrected chi connectivity index (χ3v) is 3.16. The minimum absolute atomic E-state index is 0.147. The maximum Gasteiger partial charge on any atom is 0.124 e. The second-order valence-electron chi connectivity index (χ2n) is 6.38. The van der Waals surface area contributed by atoms with Crippen molar-refractivity contribution in [2.45, 2.75) is 58.3 Å². The van der Waals surface area contributed by atoms with Gasteiger partial charge >= 0.3 is 0 Å². The number of rotatable bonds is 14. The zero-order chi connectivity index (χ0) is 24.2. The van der Waals surface area contributed by atoms with Gasteiger partial charge in [0.15, 0.2) is 0 Å². The molecule has 0 aromatic heterocycles. The van der Waals surface area contributed by atoms with Crippen LogP contribution in [0.4, 0.5) is 0 Å². The Kier molecular flexibility index (Phi) is 30.4. The van der Waals surface area contributed by atoms with E-state index in [9.17, 15) is 9.90 Å². The summed E-state index contributed by atoms with van der Waals surface area (Å²) < 4.78 is 27.2. The Morgan fingerprint density at radius 3 is 1.39 bits per heavy atom. The van der Waals surface area contributed by atoms with Crippen molar-refractivity contribution < 1.29 is 34.3 Å². The van der Waals surface area contributed by atoms with Crippen molar-refractivity contribution in [3.63, 3.8) is 0 Å². The number of carbonyl (C=O) groups is 1. The Morgan fingerprint density at radius 2 is 1.10 bits per heavy atom. The van der Waals surface area contributed by atoms with E-state index in [4.69, 9.17) is 13.0 Å². The molecular formula is C23H42N2O5S. The van der Waals surface area contributed by atoms with Crippen molar-refractivity contribution in [1.82, 2.24) is 0 Å². The van der Waals surface area contributed by atoms with Crippen LogP contribution in [0.5, 0.6) is 0 Å². The fourth-order valence-electron chi connectivity index (χ4n) is 1.73. The van der Waals surface area contributed by atoms with Gasteiger partial charge in [-0.25, -0.2) is 8.42 Å². The second kappa shape index (κ2) is 28.0. The highest BCUT2D eigenvalue weighted by Crippen LogP contribution is 1.98. The van der Waals surface area contributed by atoms with E-state index in [0.29, 0.717) is 12.7 Å². The predicted molar refractivity (Wildman–Crippen MR) is 124 cm³/mol. The van der Waals surface area contributed by atoms with Gasteiger partial charge in [0.05, 0.1) is 10.1 Å². The normalized spacial score (nSPS) is 11.9. The highest BCUT2D eigenvalue weighted by molar-refractivity contribution is 7.84. The summed E-state index contributed by atoms with van der Waals surface area (Å²) in [5, 5.41) is 10.2. The first-order valence-electron chi connectivity index (χ1n) is 10.6. The minimum Gasteiger partial charge on any atom is -0.748 e. The Bertz CT molecular complexity index is 626. The standard InChI is InChI=1S/C20H30O2.C2H8N2.CH4O3S/c1-2-3-4-5-6-7-8-9-10-11-12-13-14-15-16-17-18-19-20(21)22;3-1-2-4;1-5(2,3)4/h3-4,6-7,9-10,12-13,15-16H,2,5,8,11,14,17-19H2,1H3,(H,21,22);1-4H2;1H3,(H,2,3,4)/b4-3-,7-6-,10-9-,13-12-,16-15-;;. The second-order valence-corrected chi connectivity index (χ2v) is 7.79. The van der Waals surface area contributed by atoms with E-state index in [1.54, 1.807) is 0 Å². The molecule has 0 amide bonds. The van der Waals surface area contributed by atoms with Gasteiger partial charge in [-0.2, -0.15) is 0 Å². The lowest BCUT2D eigenvalue weighted by atomic mass is 10.2. The first-order valence-corrected chi connectivity index (χ1v) is 12.4. The van der Waals surface area contributed by atoms with Crippen LogP contribution in [0.1, 0.15) is 58.3 Å². The van der Waals surface area contributed by atoms with Crippen molar-refractivity contribution in [3.8, 4) is 0 Å². The summed E-state index contributed by atoms with van der Waals surface area (Å²) in [7, 11) is -3.92. The summed E-state index contributed by atoms with van der Waals surface area (Å²) in [5.74, 6) is -0.965. The molecule has 0 aliphatic heterocycles. The summed E-state index contributed by atoms with van der Waals surface area (Å²) in [6.45, 7) is 4.06. The smallest absolute Gasteiger partial charge is 0.124 e. The van der Waals surface area contributed by atoms with Crippen LogP contribution in [0.25, 0.3) is 0 Å². The van der Waals surface area contributed by atoms with Crippen LogP contribution in [-0.4, -0.2) is 38.3 Å². The zero-order valence-corrected chi connectivity index (χ0v) is 20.0. The Labute approximate surface area is 189 Å². The molecule has 0 bridgehead atoms. The number of aliphatic carboxylic acids is 1. The van der Waals surface area contributed by atoms with Gasteiger partial charge in [0.25, 0.3) is 0 Å². The summed E-state index contributed by atoms with van der Waals surface area (Å²) in [6.07, 6.45) is 28.7. The van der Waals surface area contributed by atoms with E-state index in [1.807, 2.05) is 6.08 Å². The summed E-state index contributed by atoms with van der Waals surface area (Å²) in [4.78, 5) is 10.2. The van der Waals surface area contributed by atoms with Gasteiger partial charge < -0.3 is 25.9 Å². The molecule has 0 aliphatic rings. The molecule has 0 unspecified atom stereocenters.